The van der Waals surface area contributed by atoms with Gasteiger partial charge in [0.2, 0.25) is 5.37 Å². The Morgan fingerprint density at radius 1 is 0.974 bits per heavy atom. The average Bonchev–Trinajstić information content (AvgIpc) is 2.98. The number of fused-ring (bicyclic) bond motifs is 1. The number of carbonyl (C=O) groups excluding carboxylic acids is 4. The quantitative estimate of drug-likeness (QED) is 0.199. The lowest BCUT2D eigenvalue weighted by Crippen LogP contribution is -2.79. The summed E-state index contributed by atoms with van der Waals surface area (Å²) in [5, 5.41) is 1.54. The van der Waals surface area contributed by atoms with Gasteiger partial charge in [0.05, 0.1) is 5.57 Å². The van der Waals surface area contributed by atoms with Gasteiger partial charge in [0.1, 0.15) is 17.4 Å². The molecule has 2 aliphatic rings. The summed E-state index contributed by atoms with van der Waals surface area (Å²) in [7, 11) is 0. The van der Waals surface area contributed by atoms with Crippen LogP contribution in [0.2, 0.25) is 0 Å². The van der Waals surface area contributed by atoms with Crippen LogP contribution in [-0.4, -0.2) is 63.0 Å². The van der Waals surface area contributed by atoms with Gasteiger partial charge in [0.25, 0.3) is 11.8 Å². The largest absolute Gasteiger partial charge is 0.614 e. The van der Waals surface area contributed by atoms with E-state index in [0.717, 1.165) is 4.90 Å². The SMILES string of the molecule is O=C=C1C[S+]([O-])[C@@H]2[C@@H](NC(=O)COc3ccccc3)C(=O)N2C1C(=O)OC(c1ccccc1)c1ccccc1. The molecule has 2 unspecified atom stereocenters. The lowest BCUT2D eigenvalue weighted by molar-refractivity contribution is -0.166. The predicted octanol–water partition coefficient (Wildman–Crippen LogP) is 1.94. The van der Waals surface area contributed by atoms with Crippen LogP contribution in [0.1, 0.15) is 17.2 Å². The minimum atomic E-state index is -1.74. The number of nitrogens with one attached hydrogen (secondary N) is 1. The average molecular weight is 545 g/mol. The van der Waals surface area contributed by atoms with Gasteiger partial charge in [-0.05, 0) is 34.4 Å². The number of hydrogen-bond donors (Lipinski definition) is 1. The molecular weight excluding hydrogens is 520 g/mol. The van der Waals surface area contributed by atoms with E-state index in [1.807, 2.05) is 36.4 Å². The molecule has 2 aliphatic heterocycles. The van der Waals surface area contributed by atoms with Crippen molar-refractivity contribution in [3.8, 4) is 5.75 Å². The summed E-state index contributed by atoms with van der Waals surface area (Å²) in [6.45, 7) is -0.353. The third kappa shape index (κ3) is 5.44. The molecule has 0 aromatic heterocycles. The smallest absolute Gasteiger partial charge is 0.335 e. The molecule has 198 valence electrons. The minimum absolute atomic E-state index is 0.139. The number of amides is 2. The van der Waals surface area contributed by atoms with Crippen LogP contribution in [0.3, 0.4) is 0 Å². The molecule has 2 fully saturated rings. The summed E-state index contributed by atoms with van der Waals surface area (Å²) in [5.41, 5.74) is 1.26. The number of esters is 1. The molecule has 39 heavy (non-hydrogen) atoms. The Labute approximate surface area is 227 Å². The maximum Gasteiger partial charge on any atom is 0.335 e. The van der Waals surface area contributed by atoms with E-state index in [4.69, 9.17) is 9.47 Å². The summed E-state index contributed by atoms with van der Waals surface area (Å²) in [6.07, 6.45) is -0.805. The molecule has 0 bridgehead atoms. The van der Waals surface area contributed by atoms with Crippen molar-refractivity contribution in [2.24, 2.45) is 0 Å². The molecule has 5 rings (SSSR count). The predicted molar refractivity (Wildman–Crippen MR) is 141 cm³/mol. The van der Waals surface area contributed by atoms with E-state index in [9.17, 15) is 23.7 Å². The fraction of sp³-hybridized carbons (Fsp3) is 0.207. The van der Waals surface area contributed by atoms with Crippen molar-refractivity contribution < 1.29 is 33.2 Å². The molecule has 2 amide bonds. The first-order valence-corrected chi connectivity index (χ1v) is 13.6. The monoisotopic (exact) mass is 544 g/mol. The number of nitrogens with zero attached hydrogens (tertiary/aromatic N) is 1. The van der Waals surface area contributed by atoms with Crippen molar-refractivity contribution in [2.45, 2.75) is 23.6 Å². The van der Waals surface area contributed by atoms with Gasteiger partial charge in [-0.25, -0.2) is 9.59 Å². The number of β-lactam (4-membered cyclic amide) rings is 1. The zero-order chi connectivity index (χ0) is 27.4. The van der Waals surface area contributed by atoms with Crippen LogP contribution >= 0.6 is 0 Å². The molecule has 2 heterocycles. The highest BCUT2D eigenvalue weighted by Gasteiger charge is 2.64. The molecule has 3 aromatic rings. The Hall–Kier alpha value is -4.37. The Morgan fingerprint density at radius 2 is 1.54 bits per heavy atom. The first kappa shape index (κ1) is 26.2. The lowest BCUT2D eigenvalue weighted by atomic mass is 9.97. The van der Waals surface area contributed by atoms with Crippen LogP contribution in [0.5, 0.6) is 5.75 Å². The molecule has 1 N–H and O–H groups in total. The van der Waals surface area contributed by atoms with Crippen LogP contribution in [0.15, 0.2) is 96.6 Å². The van der Waals surface area contributed by atoms with E-state index >= 15 is 0 Å². The number of hydrogen-bond acceptors (Lipinski definition) is 7. The van der Waals surface area contributed by atoms with Gasteiger partial charge >= 0.3 is 5.97 Å². The maximum atomic E-state index is 13.5. The summed E-state index contributed by atoms with van der Waals surface area (Å²) < 4.78 is 24.3. The molecule has 2 saturated heterocycles. The van der Waals surface area contributed by atoms with Crippen molar-refractivity contribution in [2.75, 3.05) is 12.4 Å². The molecule has 4 atom stereocenters. The number of para-hydroxylation sites is 1. The Morgan fingerprint density at radius 3 is 2.10 bits per heavy atom. The van der Waals surface area contributed by atoms with E-state index in [0.29, 0.717) is 16.9 Å². The second-order valence-electron chi connectivity index (χ2n) is 8.98. The fourth-order valence-corrected chi connectivity index (χ4v) is 6.31. The van der Waals surface area contributed by atoms with E-state index in [-0.39, 0.29) is 17.9 Å². The van der Waals surface area contributed by atoms with Crippen LogP contribution in [-0.2, 0) is 35.1 Å². The van der Waals surface area contributed by atoms with Gasteiger partial charge in [-0.2, -0.15) is 0 Å². The molecule has 0 spiro atoms. The van der Waals surface area contributed by atoms with E-state index in [1.54, 1.807) is 60.5 Å². The minimum Gasteiger partial charge on any atom is -0.614 e. The Bertz CT molecular complexity index is 1360. The second kappa shape index (κ2) is 11.6. The summed E-state index contributed by atoms with van der Waals surface area (Å²) >= 11 is -1.74. The van der Waals surface area contributed by atoms with Crippen molar-refractivity contribution in [3.63, 3.8) is 0 Å². The highest BCUT2D eigenvalue weighted by atomic mass is 32.2. The number of ether oxygens (including phenoxy) is 2. The van der Waals surface area contributed by atoms with Gasteiger partial charge in [-0.15, -0.1) is 0 Å². The third-order valence-electron chi connectivity index (χ3n) is 6.48. The molecule has 0 saturated carbocycles. The van der Waals surface area contributed by atoms with Crippen LogP contribution < -0.4 is 10.1 Å². The third-order valence-corrected chi connectivity index (χ3v) is 8.11. The standard InChI is InChI=1S/C29H24N2O7S/c32-16-21-18-39(36)28-24(30-23(33)17-37-22-14-8-3-9-15-22)27(34)31(28)25(21)29(35)38-26(19-10-4-1-5-11-19)20-12-6-2-7-13-20/h1-15,24-26,28H,17-18H2,(H,30,33)/t24-,25?,28+,39?/m0/s1. The lowest BCUT2D eigenvalue weighted by Gasteiger charge is -2.51. The van der Waals surface area contributed by atoms with Crippen LogP contribution in [0.4, 0.5) is 0 Å². The summed E-state index contributed by atoms with van der Waals surface area (Å²) in [5.74, 6) is -0.186. The van der Waals surface area contributed by atoms with E-state index < -0.39 is 52.5 Å². The van der Waals surface area contributed by atoms with Crippen molar-refractivity contribution in [1.82, 2.24) is 10.2 Å². The molecule has 0 radical (unpaired) electrons. The zero-order valence-corrected chi connectivity index (χ0v) is 21.4. The number of carbonyl (C=O) groups is 3. The van der Waals surface area contributed by atoms with Crippen molar-refractivity contribution >= 4 is 34.9 Å². The number of benzene rings is 3. The summed E-state index contributed by atoms with van der Waals surface area (Å²) in [4.78, 5) is 52.0. The fourth-order valence-electron chi connectivity index (χ4n) is 4.64. The zero-order valence-electron chi connectivity index (χ0n) is 20.6. The van der Waals surface area contributed by atoms with Gasteiger partial charge in [0.15, 0.2) is 24.8 Å². The maximum absolute atomic E-state index is 13.5. The first-order valence-electron chi connectivity index (χ1n) is 12.2. The normalized spacial score (nSPS) is 21.8. The Kier molecular flexibility index (Phi) is 7.79. The van der Waals surface area contributed by atoms with E-state index in [1.165, 1.54) is 0 Å². The van der Waals surface area contributed by atoms with Crippen LogP contribution in [0.25, 0.3) is 0 Å². The number of rotatable bonds is 8. The highest BCUT2D eigenvalue weighted by Crippen LogP contribution is 2.37. The Balaban J connectivity index is 1.33. The first-order chi connectivity index (χ1) is 19.0. The second-order valence-corrected chi connectivity index (χ2v) is 10.5. The van der Waals surface area contributed by atoms with Crippen LogP contribution in [0, 0.1) is 0 Å². The highest BCUT2D eigenvalue weighted by molar-refractivity contribution is 7.92. The molecule has 10 heteroatoms. The van der Waals surface area contributed by atoms with Gasteiger partial charge in [-0.1, -0.05) is 78.9 Å². The molecule has 0 aliphatic carbocycles. The summed E-state index contributed by atoms with van der Waals surface area (Å²) in [6, 6.07) is 24.3. The molecule has 3 aromatic carbocycles. The molecular formula is C29H24N2O7S. The van der Waals surface area contributed by atoms with E-state index in [2.05, 4.69) is 5.32 Å². The van der Waals surface area contributed by atoms with Gasteiger partial charge in [-0.3, -0.25) is 14.5 Å². The molecule has 9 nitrogen and oxygen atoms in total. The van der Waals surface area contributed by atoms with Gasteiger partial charge in [0, 0.05) is 0 Å². The van der Waals surface area contributed by atoms with Gasteiger partial charge < -0.3 is 19.3 Å². The topological polar surface area (TPSA) is 125 Å². The van der Waals surface area contributed by atoms with Crippen molar-refractivity contribution in [1.29, 1.82) is 0 Å². The van der Waals surface area contributed by atoms with Crippen molar-refractivity contribution in [3.05, 3.63) is 108 Å².